The van der Waals surface area contributed by atoms with Gasteiger partial charge in [-0.1, -0.05) is 0 Å². The van der Waals surface area contributed by atoms with Crippen LogP contribution in [-0.4, -0.2) is 35.6 Å². The average molecular weight is 232 g/mol. The molecule has 0 radical (unpaired) electrons. The maximum atomic E-state index is 11.1. The van der Waals surface area contributed by atoms with Gasteiger partial charge in [-0.15, -0.1) is 5.10 Å². The molecule has 1 N–H and O–H groups in total. The molecule has 17 heavy (non-hydrogen) atoms. The second-order valence-corrected chi connectivity index (χ2v) is 3.34. The number of rotatable bonds is 2. The molecule has 86 valence electrons. The molecule has 0 fully saturated rings. The predicted octanol–water partition coefficient (Wildman–Crippen LogP) is -0.121. The summed E-state index contributed by atoms with van der Waals surface area (Å²) in [5, 5.41) is 25.6. The fourth-order valence-corrected chi connectivity index (χ4v) is 1.58. The molecule has 0 aliphatic rings. The van der Waals surface area contributed by atoms with Crippen molar-refractivity contribution >= 4 is 5.97 Å². The van der Waals surface area contributed by atoms with E-state index in [-0.39, 0.29) is 17.2 Å². The summed E-state index contributed by atoms with van der Waals surface area (Å²) in [5.41, 5.74) is 0.422. The molecule has 8 heteroatoms. The van der Waals surface area contributed by atoms with Crippen molar-refractivity contribution in [2.24, 2.45) is 7.05 Å². The number of hydrogen-bond donors (Lipinski definition) is 1. The van der Waals surface area contributed by atoms with Gasteiger partial charge in [-0.05, 0) is 6.92 Å². The van der Waals surface area contributed by atoms with E-state index in [1.807, 2.05) is 0 Å². The van der Waals surface area contributed by atoms with Gasteiger partial charge >= 0.3 is 5.97 Å². The monoisotopic (exact) mass is 232 g/mol. The summed E-state index contributed by atoms with van der Waals surface area (Å²) in [6.45, 7) is 1.59. The molecule has 2 aromatic heterocycles. The minimum absolute atomic E-state index is 0.0276. The SMILES string of the molecule is Cc1nn(C)c(-n2cnc(C#N)n2)c1C(=O)O. The van der Waals surface area contributed by atoms with E-state index in [1.165, 1.54) is 15.7 Å². The zero-order valence-corrected chi connectivity index (χ0v) is 9.12. The normalized spacial score (nSPS) is 10.2. The fourth-order valence-electron chi connectivity index (χ4n) is 1.58. The molecule has 0 bridgehead atoms. The lowest BCUT2D eigenvalue weighted by atomic mass is 10.2. The summed E-state index contributed by atoms with van der Waals surface area (Å²) in [6, 6.07) is 1.77. The summed E-state index contributed by atoms with van der Waals surface area (Å²) >= 11 is 0. The molecule has 0 atom stereocenters. The van der Waals surface area contributed by atoms with Gasteiger partial charge < -0.3 is 5.11 Å². The average Bonchev–Trinajstić information content (AvgIpc) is 2.81. The van der Waals surface area contributed by atoms with Gasteiger partial charge in [-0.2, -0.15) is 10.4 Å². The summed E-state index contributed by atoms with van der Waals surface area (Å²) < 4.78 is 2.61. The first-order valence-electron chi connectivity index (χ1n) is 4.63. The Labute approximate surface area is 95.7 Å². The Kier molecular flexibility index (Phi) is 2.36. The Morgan fingerprint density at radius 1 is 1.53 bits per heavy atom. The Hall–Kier alpha value is -2.69. The third-order valence-corrected chi connectivity index (χ3v) is 2.21. The number of hydrogen-bond acceptors (Lipinski definition) is 5. The van der Waals surface area contributed by atoms with Crippen molar-refractivity contribution in [3.05, 3.63) is 23.4 Å². The number of nitrogens with zero attached hydrogens (tertiary/aromatic N) is 6. The second-order valence-electron chi connectivity index (χ2n) is 3.34. The van der Waals surface area contributed by atoms with Crippen molar-refractivity contribution in [3.63, 3.8) is 0 Å². The molecule has 0 aromatic carbocycles. The first-order chi connectivity index (χ1) is 8.04. The standard InChI is InChI=1S/C9H8N6O2/c1-5-7(9(16)17)8(14(2)12-5)15-4-11-6(3-10)13-15/h4H,1-2H3,(H,16,17). The van der Waals surface area contributed by atoms with Crippen molar-refractivity contribution in [1.29, 1.82) is 5.26 Å². The van der Waals surface area contributed by atoms with Gasteiger partial charge in [0.25, 0.3) is 5.82 Å². The van der Waals surface area contributed by atoms with Gasteiger partial charge in [0.1, 0.15) is 18.0 Å². The lowest BCUT2D eigenvalue weighted by Gasteiger charge is -2.01. The number of aryl methyl sites for hydroxylation is 2. The highest BCUT2D eigenvalue weighted by Crippen LogP contribution is 2.16. The number of nitriles is 1. The van der Waals surface area contributed by atoms with Crippen LogP contribution in [0, 0.1) is 18.3 Å². The van der Waals surface area contributed by atoms with E-state index in [0.717, 1.165) is 0 Å². The molecule has 0 spiro atoms. The van der Waals surface area contributed by atoms with Crippen LogP contribution < -0.4 is 0 Å². The number of carboxylic acids is 1. The maximum Gasteiger partial charge on any atom is 0.341 e. The van der Waals surface area contributed by atoms with Crippen LogP contribution in [0.15, 0.2) is 6.33 Å². The zero-order chi connectivity index (χ0) is 12.6. The lowest BCUT2D eigenvalue weighted by molar-refractivity contribution is 0.0696. The zero-order valence-electron chi connectivity index (χ0n) is 9.12. The molecule has 2 heterocycles. The molecular formula is C9H8N6O2. The van der Waals surface area contributed by atoms with Crippen LogP contribution in [0.25, 0.3) is 5.82 Å². The van der Waals surface area contributed by atoms with Gasteiger partial charge in [-0.25, -0.2) is 19.1 Å². The highest BCUT2D eigenvalue weighted by atomic mass is 16.4. The number of aromatic nitrogens is 5. The highest BCUT2D eigenvalue weighted by Gasteiger charge is 2.21. The van der Waals surface area contributed by atoms with E-state index in [2.05, 4.69) is 15.2 Å². The molecule has 2 aromatic rings. The Bertz CT molecular complexity index is 632. The van der Waals surface area contributed by atoms with Crippen LogP contribution in [0.4, 0.5) is 0 Å². The fraction of sp³-hybridized carbons (Fsp3) is 0.222. The first-order valence-corrected chi connectivity index (χ1v) is 4.63. The lowest BCUT2D eigenvalue weighted by Crippen LogP contribution is -2.09. The van der Waals surface area contributed by atoms with Crippen LogP contribution in [0.1, 0.15) is 21.9 Å². The molecule has 0 unspecified atom stereocenters. The third kappa shape index (κ3) is 1.63. The topological polar surface area (TPSA) is 110 Å². The second kappa shape index (κ2) is 3.71. The summed E-state index contributed by atoms with van der Waals surface area (Å²) in [5.74, 6) is -0.858. The van der Waals surface area contributed by atoms with Crippen molar-refractivity contribution in [3.8, 4) is 11.9 Å². The summed E-state index contributed by atoms with van der Waals surface area (Å²) in [4.78, 5) is 14.8. The Morgan fingerprint density at radius 2 is 2.24 bits per heavy atom. The van der Waals surface area contributed by atoms with Gasteiger partial charge in [0.05, 0.1) is 5.69 Å². The quantitative estimate of drug-likeness (QED) is 0.772. The van der Waals surface area contributed by atoms with E-state index in [9.17, 15) is 4.79 Å². The van der Waals surface area contributed by atoms with Crippen molar-refractivity contribution in [1.82, 2.24) is 24.5 Å². The van der Waals surface area contributed by atoms with Crippen LogP contribution in [0.2, 0.25) is 0 Å². The van der Waals surface area contributed by atoms with Crippen LogP contribution in [-0.2, 0) is 7.05 Å². The minimum Gasteiger partial charge on any atom is -0.477 e. The van der Waals surface area contributed by atoms with Crippen molar-refractivity contribution in [2.75, 3.05) is 0 Å². The van der Waals surface area contributed by atoms with Crippen LogP contribution in [0.3, 0.4) is 0 Å². The number of carbonyl (C=O) groups is 1. The molecule has 0 amide bonds. The van der Waals surface area contributed by atoms with Crippen LogP contribution in [0.5, 0.6) is 0 Å². The summed E-state index contributed by atoms with van der Waals surface area (Å²) in [7, 11) is 1.60. The van der Waals surface area contributed by atoms with Gasteiger partial charge in [0.15, 0.2) is 5.82 Å². The molecular weight excluding hydrogens is 224 g/mol. The smallest absolute Gasteiger partial charge is 0.341 e. The Morgan fingerprint density at radius 3 is 2.76 bits per heavy atom. The van der Waals surface area contributed by atoms with Crippen molar-refractivity contribution < 1.29 is 9.90 Å². The minimum atomic E-state index is -1.10. The molecule has 0 aliphatic carbocycles. The van der Waals surface area contributed by atoms with E-state index in [0.29, 0.717) is 5.69 Å². The molecule has 8 nitrogen and oxygen atoms in total. The van der Waals surface area contributed by atoms with Crippen molar-refractivity contribution in [2.45, 2.75) is 6.92 Å². The number of carboxylic acid groups (broad SMARTS) is 1. The van der Waals surface area contributed by atoms with E-state index in [4.69, 9.17) is 10.4 Å². The molecule has 0 aliphatic heterocycles. The Balaban J connectivity index is 2.66. The van der Waals surface area contributed by atoms with Crippen LogP contribution >= 0.6 is 0 Å². The highest BCUT2D eigenvalue weighted by molar-refractivity contribution is 5.92. The predicted molar refractivity (Wildman–Crippen MR) is 54.5 cm³/mol. The molecule has 0 saturated heterocycles. The van der Waals surface area contributed by atoms with E-state index < -0.39 is 5.97 Å². The van der Waals surface area contributed by atoms with Gasteiger partial charge in [0, 0.05) is 7.05 Å². The molecule has 0 saturated carbocycles. The van der Waals surface area contributed by atoms with E-state index >= 15 is 0 Å². The third-order valence-electron chi connectivity index (χ3n) is 2.21. The van der Waals surface area contributed by atoms with Gasteiger partial charge in [0.2, 0.25) is 0 Å². The summed E-state index contributed by atoms with van der Waals surface area (Å²) in [6.07, 6.45) is 1.28. The maximum absolute atomic E-state index is 11.1. The number of aromatic carboxylic acids is 1. The molecule has 2 rings (SSSR count). The van der Waals surface area contributed by atoms with E-state index in [1.54, 1.807) is 20.0 Å². The first kappa shape index (κ1) is 10.8. The van der Waals surface area contributed by atoms with Gasteiger partial charge in [-0.3, -0.25) is 0 Å². The largest absolute Gasteiger partial charge is 0.477 e.